The molecule has 2 heterocycles. The number of benzene rings is 2. The maximum atomic E-state index is 13.0. The highest BCUT2D eigenvalue weighted by Gasteiger charge is 2.37. The normalized spacial score (nSPS) is 14.9. The highest BCUT2D eigenvalue weighted by molar-refractivity contribution is 6.39. The number of rotatable bonds is 5. The first-order chi connectivity index (χ1) is 15.9. The van der Waals surface area contributed by atoms with Gasteiger partial charge in [0.25, 0.3) is 11.8 Å². The number of urea groups is 1. The number of carbonyl (C=O) groups is 4. The third-order valence-electron chi connectivity index (χ3n) is 4.94. The average molecular weight is 446 g/mol. The summed E-state index contributed by atoms with van der Waals surface area (Å²) in [6.45, 7) is 0. The van der Waals surface area contributed by atoms with Gasteiger partial charge in [-0.2, -0.15) is 0 Å². The van der Waals surface area contributed by atoms with Crippen molar-refractivity contribution in [2.45, 2.75) is 0 Å². The molecule has 0 unspecified atom stereocenters. The van der Waals surface area contributed by atoms with Crippen LogP contribution in [-0.2, 0) is 14.3 Å². The van der Waals surface area contributed by atoms with Gasteiger partial charge in [-0.15, -0.1) is 0 Å². The summed E-state index contributed by atoms with van der Waals surface area (Å²) in [6, 6.07) is 15.2. The van der Waals surface area contributed by atoms with Gasteiger partial charge in [-0.1, -0.05) is 18.2 Å². The number of ether oxygens (including phenoxy) is 2. The van der Waals surface area contributed by atoms with Crippen LogP contribution in [0, 0.1) is 0 Å². The smallest absolute Gasteiger partial charge is 0.338 e. The van der Waals surface area contributed by atoms with E-state index in [1.54, 1.807) is 48.5 Å². The number of imide groups is 2. The van der Waals surface area contributed by atoms with Crippen molar-refractivity contribution in [2.75, 3.05) is 19.1 Å². The second kappa shape index (κ2) is 8.83. The van der Waals surface area contributed by atoms with E-state index in [1.165, 1.54) is 32.4 Å². The molecule has 2 aromatic carbocycles. The van der Waals surface area contributed by atoms with Gasteiger partial charge in [0.05, 0.1) is 25.5 Å². The molecule has 0 atom stereocenters. The third kappa shape index (κ3) is 4.11. The lowest BCUT2D eigenvalue weighted by Crippen LogP contribution is -2.54. The lowest BCUT2D eigenvalue weighted by Gasteiger charge is -2.26. The summed E-state index contributed by atoms with van der Waals surface area (Å²) in [7, 11) is 2.77. The predicted molar refractivity (Wildman–Crippen MR) is 117 cm³/mol. The van der Waals surface area contributed by atoms with Crippen molar-refractivity contribution in [1.29, 1.82) is 0 Å². The molecule has 33 heavy (non-hydrogen) atoms. The first-order valence-electron chi connectivity index (χ1n) is 9.76. The summed E-state index contributed by atoms with van der Waals surface area (Å²) >= 11 is 0. The quantitative estimate of drug-likeness (QED) is 0.363. The Labute approximate surface area is 188 Å². The molecule has 3 aromatic rings. The Morgan fingerprint density at radius 1 is 0.970 bits per heavy atom. The van der Waals surface area contributed by atoms with Crippen LogP contribution in [0.1, 0.15) is 16.1 Å². The fourth-order valence-corrected chi connectivity index (χ4v) is 3.33. The number of nitrogens with one attached hydrogen (secondary N) is 1. The van der Waals surface area contributed by atoms with Crippen molar-refractivity contribution >= 4 is 35.6 Å². The fraction of sp³-hybridized carbons (Fsp3) is 0.0833. The van der Waals surface area contributed by atoms with E-state index in [4.69, 9.17) is 13.9 Å². The van der Waals surface area contributed by atoms with Gasteiger partial charge >= 0.3 is 12.0 Å². The topological polar surface area (TPSA) is 115 Å². The molecule has 0 spiro atoms. The van der Waals surface area contributed by atoms with Crippen molar-refractivity contribution in [3.63, 3.8) is 0 Å². The molecular weight excluding hydrogens is 428 g/mol. The Kier molecular flexibility index (Phi) is 5.77. The average Bonchev–Trinajstić information content (AvgIpc) is 3.30. The van der Waals surface area contributed by atoms with Crippen molar-refractivity contribution in [3.05, 3.63) is 77.6 Å². The maximum Gasteiger partial charge on any atom is 0.338 e. The van der Waals surface area contributed by atoms with Gasteiger partial charge in [-0.25, -0.2) is 14.5 Å². The lowest BCUT2D eigenvalue weighted by molar-refractivity contribution is -0.122. The van der Waals surface area contributed by atoms with Crippen LogP contribution in [0.25, 0.3) is 17.4 Å². The Morgan fingerprint density at radius 3 is 2.39 bits per heavy atom. The molecule has 1 saturated heterocycles. The minimum atomic E-state index is -0.862. The second-order valence-electron chi connectivity index (χ2n) is 6.90. The molecular formula is C24H18N2O7. The molecule has 1 fully saturated rings. The zero-order valence-electron chi connectivity index (χ0n) is 17.7. The number of nitrogens with zero attached hydrogens (tertiary/aromatic N) is 1. The van der Waals surface area contributed by atoms with Gasteiger partial charge in [0.15, 0.2) is 0 Å². The van der Waals surface area contributed by atoms with E-state index in [2.05, 4.69) is 5.32 Å². The van der Waals surface area contributed by atoms with Crippen molar-refractivity contribution in [3.8, 4) is 17.1 Å². The van der Waals surface area contributed by atoms with Crippen LogP contribution < -0.4 is 15.0 Å². The minimum Gasteiger partial charge on any atom is -0.497 e. The molecule has 1 aliphatic heterocycles. The number of barbiturate groups is 1. The monoisotopic (exact) mass is 446 g/mol. The Hall–Kier alpha value is -4.66. The van der Waals surface area contributed by atoms with Crippen LogP contribution in [0.3, 0.4) is 0 Å². The van der Waals surface area contributed by atoms with Gasteiger partial charge in [0, 0.05) is 5.56 Å². The molecule has 1 aromatic heterocycles. The molecule has 0 saturated carbocycles. The predicted octanol–water partition coefficient (Wildman–Crippen LogP) is 3.41. The van der Waals surface area contributed by atoms with E-state index >= 15 is 0 Å². The van der Waals surface area contributed by atoms with Gasteiger partial charge < -0.3 is 13.9 Å². The van der Waals surface area contributed by atoms with Crippen LogP contribution in [0.5, 0.6) is 5.75 Å². The fourth-order valence-electron chi connectivity index (χ4n) is 3.33. The molecule has 0 radical (unpaired) electrons. The highest BCUT2D eigenvalue weighted by Crippen LogP contribution is 2.29. The molecule has 9 nitrogen and oxygen atoms in total. The lowest BCUT2D eigenvalue weighted by atomic mass is 10.1. The highest BCUT2D eigenvalue weighted by atomic mass is 16.5. The summed E-state index contributed by atoms with van der Waals surface area (Å²) in [5.74, 6) is -1.10. The van der Waals surface area contributed by atoms with Gasteiger partial charge in [-0.05, 0) is 48.5 Å². The molecule has 9 heteroatoms. The molecule has 1 aliphatic rings. The Bertz CT molecular complexity index is 1290. The van der Waals surface area contributed by atoms with E-state index in [1.807, 2.05) is 0 Å². The largest absolute Gasteiger partial charge is 0.497 e. The Balaban J connectivity index is 1.67. The van der Waals surface area contributed by atoms with E-state index < -0.39 is 23.8 Å². The van der Waals surface area contributed by atoms with Crippen LogP contribution in [0.2, 0.25) is 0 Å². The zero-order valence-corrected chi connectivity index (χ0v) is 17.7. The minimum absolute atomic E-state index is 0.187. The molecule has 0 aliphatic carbocycles. The SMILES string of the molecule is COC(=O)c1ccccc1-c1ccc(/C=C2/C(=O)NC(=O)N(c3ccc(OC)cc3)C2=O)o1. The standard InChI is InChI=1S/C24H18N2O7/c1-31-15-9-7-14(8-10-15)26-22(28)19(21(27)25-24(26)30)13-16-11-12-20(33-16)17-5-3-4-6-18(17)23(29)32-2/h3-13H,1-2H3,(H,25,27,30)/b19-13-. The first kappa shape index (κ1) is 21.6. The second-order valence-corrected chi connectivity index (χ2v) is 6.90. The number of furan rings is 1. The molecule has 4 amide bonds. The first-order valence-corrected chi connectivity index (χ1v) is 9.76. The van der Waals surface area contributed by atoms with Gasteiger partial charge in [0.1, 0.15) is 22.8 Å². The van der Waals surface area contributed by atoms with Gasteiger partial charge in [0.2, 0.25) is 0 Å². The number of amides is 4. The summed E-state index contributed by atoms with van der Waals surface area (Å²) in [5.41, 5.74) is 0.774. The summed E-state index contributed by atoms with van der Waals surface area (Å²) in [4.78, 5) is 50.6. The van der Waals surface area contributed by atoms with E-state index in [-0.39, 0.29) is 17.0 Å². The van der Waals surface area contributed by atoms with Gasteiger partial charge in [-0.3, -0.25) is 14.9 Å². The molecule has 4 rings (SSSR count). The molecule has 0 bridgehead atoms. The van der Waals surface area contributed by atoms with E-state index in [0.29, 0.717) is 22.6 Å². The Morgan fingerprint density at radius 2 is 1.70 bits per heavy atom. The number of carbonyl (C=O) groups excluding carboxylic acids is 4. The number of anilines is 1. The summed E-state index contributed by atoms with van der Waals surface area (Å²) < 4.78 is 15.6. The van der Waals surface area contributed by atoms with Crippen molar-refractivity contribution in [2.24, 2.45) is 0 Å². The number of hydrogen-bond acceptors (Lipinski definition) is 7. The molecule has 166 valence electrons. The number of methoxy groups -OCH3 is 2. The van der Waals surface area contributed by atoms with Crippen LogP contribution in [0.15, 0.2) is 70.7 Å². The molecule has 1 N–H and O–H groups in total. The maximum absolute atomic E-state index is 13.0. The van der Waals surface area contributed by atoms with E-state index in [0.717, 1.165) is 4.90 Å². The third-order valence-corrected chi connectivity index (χ3v) is 4.94. The van der Waals surface area contributed by atoms with Crippen molar-refractivity contribution in [1.82, 2.24) is 5.32 Å². The zero-order chi connectivity index (χ0) is 23.5. The number of esters is 1. The van der Waals surface area contributed by atoms with Crippen LogP contribution >= 0.6 is 0 Å². The summed E-state index contributed by atoms with van der Waals surface area (Å²) in [5, 5.41) is 2.15. The van der Waals surface area contributed by atoms with E-state index in [9.17, 15) is 19.2 Å². The number of hydrogen-bond donors (Lipinski definition) is 1. The van der Waals surface area contributed by atoms with Crippen LogP contribution in [-0.4, -0.2) is 38.0 Å². The summed E-state index contributed by atoms with van der Waals surface area (Å²) in [6.07, 6.45) is 1.24. The van der Waals surface area contributed by atoms with Crippen LogP contribution in [0.4, 0.5) is 10.5 Å². The van der Waals surface area contributed by atoms with Crippen molar-refractivity contribution < 1.29 is 33.1 Å².